The number of nitrogens with two attached hydrogens (primary N) is 1. The number of hydrogen-bond donors (Lipinski definition) is 2. The number of benzene rings is 6. The van der Waals surface area contributed by atoms with Crippen molar-refractivity contribution >= 4 is 74.9 Å². The number of methoxy groups -OCH3 is 4. The van der Waals surface area contributed by atoms with Gasteiger partial charge in [-0.1, -0.05) is 120 Å². The summed E-state index contributed by atoms with van der Waals surface area (Å²) in [6.45, 7) is 0.560. The van der Waals surface area contributed by atoms with Crippen molar-refractivity contribution in [1.29, 1.82) is 0 Å². The molecule has 27 heteroatoms. The van der Waals surface area contributed by atoms with Crippen LogP contribution in [0.5, 0.6) is 11.5 Å². The second-order valence-electron chi connectivity index (χ2n) is 19.1. The minimum atomic E-state index is -5.26. The molecule has 0 radical (unpaired) electrons. The van der Waals surface area contributed by atoms with Crippen molar-refractivity contribution in [3.8, 4) is 11.5 Å². The minimum absolute atomic E-state index is 0. The van der Waals surface area contributed by atoms with E-state index >= 15 is 0 Å². The van der Waals surface area contributed by atoms with Crippen molar-refractivity contribution in [2.45, 2.75) is 68.0 Å². The lowest BCUT2D eigenvalue weighted by Crippen LogP contribution is -2.64. The van der Waals surface area contributed by atoms with Crippen LogP contribution in [0.1, 0.15) is 42.5 Å². The molecule has 6 aromatic carbocycles. The average Bonchev–Trinajstić information content (AvgIpc) is 1.56. The van der Waals surface area contributed by atoms with E-state index in [1.165, 1.54) is 79.7 Å². The molecule has 0 aliphatic carbocycles. The normalized spacial score (nSPS) is 18.6. The molecule has 4 aliphatic heterocycles. The predicted octanol–water partition coefficient (Wildman–Crippen LogP) is 11.3. The lowest BCUT2D eigenvalue weighted by molar-refractivity contribution is -0.171. The maximum Gasteiger partial charge on any atom is 0.473 e. The van der Waals surface area contributed by atoms with Gasteiger partial charge < -0.3 is 28.4 Å². The van der Waals surface area contributed by atoms with Gasteiger partial charge in [0, 0.05) is 18.7 Å². The van der Waals surface area contributed by atoms with E-state index in [0.717, 1.165) is 23.9 Å². The third-order valence-corrected chi connectivity index (χ3v) is 15.4. The van der Waals surface area contributed by atoms with Crippen LogP contribution < -0.4 is 40.6 Å². The summed E-state index contributed by atoms with van der Waals surface area (Å²) in [6, 6.07) is 43.3. The Morgan fingerprint density at radius 3 is 1.42 bits per heavy atom. The second kappa shape index (κ2) is 26.9. The number of likely N-dealkylation sites (tertiary alicyclic amines) is 2. The van der Waals surface area contributed by atoms with Gasteiger partial charge in [0.05, 0.1) is 55.5 Å². The Hall–Kier alpha value is -9.08. The fourth-order valence-corrected chi connectivity index (χ4v) is 11.2. The summed E-state index contributed by atoms with van der Waals surface area (Å²) < 4.78 is 108. The maximum absolute atomic E-state index is 13.9. The summed E-state index contributed by atoms with van der Waals surface area (Å²) in [7, 11) is 5.32. The van der Waals surface area contributed by atoms with Crippen LogP contribution in [-0.2, 0) is 51.6 Å². The van der Waals surface area contributed by atoms with Crippen LogP contribution in [0.15, 0.2) is 158 Å². The van der Waals surface area contributed by atoms with Crippen molar-refractivity contribution in [2.24, 2.45) is 5.84 Å². The number of nitrogens with one attached hydrogen (secondary N) is 1. The van der Waals surface area contributed by atoms with E-state index < -0.39 is 70.7 Å². The second-order valence-corrected chi connectivity index (χ2v) is 20.5. The van der Waals surface area contributed by atoms with Crippen LogP contribution in [0, 0.1) is 0 Å². The van der Waals surface area contributed by atoms with Crippen LogP contribution in [-0.4, -0.2) is 112 Å². The number of halogens is 7. The first-order valence-corrected chi connectivity index (χ1v) is 26.5. The van der Waals surface area contributed by atoms with E-state index in [-0.39, 0.29) is 50.0 Å². The van der Waals surface area contributed by atoms with Gasteiger partial charge in [0.15, 0.2) is 0 Å². The molecule has 86 heavy (non-hydrogen) atoms. The van der Waals surface area contributed by atoms with Crippen molar-refractivity contribution in [1.82, 2.24) is 15.2 Å². The van der Waals surface area contributed by atoms with E-state index in [0.29, 0.717) is 46.3 Å². The Morgan fingerprint density at radius 1 is 0.547 bits per heavy atom. The third-order valence-electron chi connectivity index (χ3n) is 14.2. The molecule has 0 aromatic heterocycles. The molecule has 10 rings (SSSR count). The van der Waals surface area contributed by atoms with Crippen LogP contribution >= 0.6 is 15.9 Å². The molecule has 4 aliphatic rings. The number of ether oxygens (including phenoxy) is 6. The van der Waals surface area contributed by atoms with Gasteiger partial charge >= 0.3 is 48.5 Å². The summed E-state index contributed by atoms with van der Waals surface area (Å²) in [5, 5.41) is 0.433. The number of hydrazine groups is 2. The van der Waals surface area contributed by atoms with E-state index in [1.54, 1.807) is 58.3 Å². The van der Waals surface area contributed by atoms with Gasteiger partial charge in [0.1, 0.15) is 42.6 Å². The summed E-state index contributed by atoms with van der Waals surface area (Å²) in [5.74, 6) is 1.54. The van der Waals surface area contributed by atoms with Gasteiger partial charge in [-0.15, -0.1) is 0 Å². The predicted molar refractivity (Wildman–Crippen MR) is 306 cm³/mol. The smallest absolute Gasteiger partial charge is 0.473 e. The Kier molecular flexibility index (Phi) is 20.2. The quantitative estimate of drug-likeness (QED) is 0.0326. The Labute approximate surface area is 498 Å². The van der Waals surface area contributed by atoms with Crippen LogP contribution in [0.25, 0.3) is 0 Å². The number of para-hydroxylation sites is 2. The number of rotatable bonds is 10. The molecule has 4 atom stereocenters. The molecule has 4 heterocycles. The molecule has 0 unspecified atom stereocenters. The molecule has 0 bridgehead atoms. The number of amides is 6. The van der Waals surface area contributed by atoms with E-state index in [9.17, 15) is 55.1 Å². The van der Waals surface area contributed by atoms with Crippen LogP contribution in [0.3, 0.4) is 0 Å². The minimum Gasteiger partial charge on any atom is -0.497 e. The van der Waals surface area contributed by atoms with Crippen LogP contribution in [0.2, 0.25) is 0 Å². The molecule has 3 N–H and O–H groups in total. The Balaban J connectivity index is 0.000000205. The highest BCUT2D eigenvalue weighted by Gasteiger charge is 2.63. The van der Waals surface area contributed by atoms with Gasteiger partial charge in [-0.05, 0) is 90.2 Å². The molecule has 2 fully saturated rings. The first-order chi connectivity index (χ1) is 40.5. The average molecular weight is 1270 g/mol. The van der Waals surface area contributed by atoms with Gasteiger partial charge in [-0.2, -0.15) is 26.3 Å². The number of alkyl halides is 7. The fraction of sp³-hybridized carbons (Fsp3) is 0.288. The van der Waals surface area contributed by atoms with Gasteiger partial charge in [-0.3, -0.25) is 29.2 Å². The summed E-state index contributed by atoms with van der Waals surface area (Å²) >= 11 is 3.82. The Morgan fingerprint density at radius 2 is 0.953 bits per heavy atom. The molecule has 0 spiro atoms. The van der Waals surface area contributed by atoms with Gasteiger partial charge in [0.2, 0.25) is 0 Å². The van der Waals surface area contributed by atoms with E-state index in [4.69, 9.17) is 34.3 Å². The lowest BCUT2D eigenvalue weighted by Gasteiger charge is -2.39. The number of fused-ring (bicyclic) bond motifs is 6. The summed E-state index contributed by atoms with van der Waals surface area (Å²) in [6.07, 6.45) is -13.9. The highest BCUT2D eigenvalue weighted by molar-refractivity contribution is 9.09. The first-order valence-electron chi connectivity index (χ1n) is 25.7. The highest BCUT2D eigenvalue weighted by atomic mass is 79.9. The molecule has 20 nitrogen and oxygen atoms in total. The van der Waals surface area contributed by atoms with Gasteiger partial charge in [-0.25, -0.2) is 40.5 Å². The molecular weight excluding hydrogens is 1210 g/mol. The molecule has 0 saturated carbocycles. The lowest BCUT2D eigenvalue weighted by atomic mass is 9.89. The molecule has 6 amide bonds. The third kappa shape index (κ3) is 13.2. The fourth-order valence-electron chi connectivity index (χ4n) is 10.3. The highest BCUT2D eigenvalue weighted by Crippen LogP contribution is 2.56. The van der Waals surface area contributed by atoms with Gasteiger partial charge in [0.25, 0.3) is 0 Å². The van der Waals surface area contributed by atoms with Crippen molar-refractivity contribution in [3.05, 3.63) is 180 Å². The standard InChI is InChI=1S/C29H27F3N4O6.C20H19BrN2O4.C9H9F3N2O2.CH4/c1-40-21-14-12-20(13-15-21)36(25(37)29(30,31)32)33-28-16-17-34(26(38)41-2)24(28)35(23-11-7-6-10-22(23)28)27(39)42-18-19-8-4-3-5-9-19;1-26-18(24)22-12-11-20(21)15-9-5-6-10-16(15)23(17(20)22)19(25)27-13-14-7-3-2-4-8-14;1-16-7-4-2-6(3-5-7)14(13)8(15)9(10,11)12;/h3-15,24,33H,16-18H2,1-2H3;2-10,17H,11-13H2,1H3;2-5H,13H2,1H3;1H4/t24-,28-;17-,20-;;/m00../s1. The van der Waals surface area contributed by atoms with Crippen molar-refractivity contribution in [2.75, 3.05) is 61.3 Å². The summed E-state index contributed by atoms with van der Waals surface area (Å²) in [4.78, 5) is 81.1. The topological polar surface area (TPSA) is 215 Å². The molecular formula is C59H59BrF6N8O12. The van der Waals surface area contributed by atoms with Crippen LogP contribution in [0.4, 0.5) is 68.3 Å². The SMILES string of the molecule is C.COC(=O)N1CC[C@]2(Br)c3ccccc3N(C(=O)OCc3ccccc3)[C@H]12.COC(=O)N1CC[C@]2(NN(C(=O)C(F)(F)F)c3ccc(OC)cc3)c3ccccc3N(C(=O)OCc3ccccc3)[C@H]12.COc1ccc(N(N)C(=O)C(F)(F)F)cc1. The number of nitrogens with zero attached hydrogens (tertiary/aromatic N) is 6. The number of carbonyl (C=O) groups is 6. The van der Waals surface area contributed by atoms with E-state index in [2.05, 4.69) is 21.4 Å². The zero-order valence-corrected chi connectivity index (χ0v) is 47.3. The zero-order chi connectivity index (χ0) is 61.4. The molecule has 2 saturated heterocycles. The number of hydrogen-bond acceptors (Lipinski definition) is 14. The van der Waals surface area contributed by atoms with E-state index in [1.807, 2.05) is 60.7 Å². The largest absolute Gasteiger partial charge is 0.497 e. The molecule has 456 valence electrons. The van der Waals surface area contributed by atoms with Crippen molar-refractivity contribution in [3.63, 3.8) is 0 Å². The summed E-state index contributed by atoms with van der Waals surface area (Å²) in [5.41, 5.74) is 5.06. The Bertz CT molecular complexity index is 3380. The number of carbonyl (C=O) groups excluding carboxylic acids is 6. The molecule has 6 aromatic rings. The maximum atomic E-state index is 13.9. The monoisotopic (exact) mass is 1260 g/mol. The first kappa shape index (κ1) is 64.5. The zero-order valence-electron chi connectivity index (χ0n) is 45.7. The van der Waals surface area contributed by atoms with Crippen molar-refractivity contribution < 1.29 is 83.5 Å². The number of anilines is 4.